The molecule has 2 rings (SSSR count). The Morgan fingerprint density at radius 1 is 1.32 bits per heavy atom. The van der Waals surface area contributed by atoms with E-state index in [1.165, 1.54) is 11.3 Å². The Bertz CT molecular complexity index is 456. The molecule has 2 N–H and O–H groups in total. The average Bonchev–Trinajstić information content (AvgIpc) is 2.42. The minimum Gasteiger partial charge on any atom is -0.368 e. The fraction of sp³-hybridized carbons (Fsp3) is 0.500. The SMILES string of the molecule is Cc1ccc(Cl)cc1N1CCN(C(=O)CCN)CC1. The molecule has 1 fully saturated rings. The standard InChI is InChI=1S/C14H20ClN3O/c1-11-2-3-12(15)10-13(11)17-6-8-18(9-7-17)14(19)4-5-16/h2-3,10H,4-9,16H2,1H3. The summed E-state index contributed by atoms with van der Waals surface area (Å²) in [5.41, 5.74) is 7.80. The van der Waals surface area contributed by atoms with E-state index in [4.69, 9.17) is 17.3 Å². The van der Waals surface area contributed by atoms with Crippen LogP contribution in [0, 0.1) is 6.92 Å². The molecule has 5 heteroatoms. The summed E-state index contributed by atoms with van der Waals surface area (Å²) in [5, 5.41) is 0.752. The van der Waals surface area contributed by atoms with Crippen molar-refractivity contribution in [1.29, 1.82) is 0 Å². The van der Waals surface area contributed by atoms with Crippen LogP contribution in [0.4, 0.5) is 5.69 Å². The highest BCUT2D eigenvalue weighted by Gasteiger charge is 2.21. The summed E-state index contributed by atoms with van der Waals surface area (Å²) in [6, 6.07) is 5.93. The van der Waals surface area contributed by atoms with Gasteiger partial charge >= 0.3 is 0 Å². The van der Waals surface area contributed by atoms with E-state index in [2.05, 4.69) is 11.8 Å². The summed E-state index contributed by atoms with van der Waals surface area (Å²) in [6.07, 6.45) is 0.441. The van der Waals surface area contributed by atoms with E-state index in [9.17, 15) is 4.79 Å². The first kappa shape index (κ1) is 14.2. The highest BCUT2D eigenvalue weighted by atomic mass is 35.5. The molecular weight excluding hydrogens is 262 g/mol. The van der Waals surface area contributed by atoms with Gasteiger partial charge < -0.3 is 15.5 Å². The van der Waals surface area contributed by atoms with Crippen LogP contribution in [0.2, 0.25) is 5.02 Å². The van der Waals surface area contributed by atoms with E-state index in [0.717, 1.165) is 31.2 Å². The molecule has 0 atom stereocenters. The van der Waals surface area contributed by atoms with Gasteiger partial charge in [0.05, 0.1) is 0 Å². The Morgan fingerprint density at radius 3 is 2.63 bits per heavy atom. The number of amides is 1. The van der Waals surface area contributed by atoms with Crippen LogP contribution in [-0.4, -0.2) is 43.5 Å². The molecule has 0 radical (unpaired) electrons. The Kier molecular flexibility index (Phi) is 4.66. The molecule has 104 valence electrons. The smallest absolute Gasteiger partial charge is 0.223 e. The second kappa shape index (κ2) is 6.26. The number of nitrogens with zero attached hydrogens (tertiary/aromatic N) is 2. The van der Waals surface area contributed by atoms with Gasteiger partial charge in [0.25, 0.3) is 0 Å². The number of nitrogens with two attached hydrogens (primary N) is 1. The number of anilines is 1. The molecule has 4 nitrogen and oxygen atoms in total. The van der Waals surface area contributed by atoms with E-state index in [0.29, 0.717) is 13.0 Å². The number of halogens is 1. The highest BCUT2D eigenvalue weighted by molar-refractivity contribution is 6.30. The molecule has 1 saturated heterocycles. The van der Waals surface area contributed by atoms with Gasteiger partial charge in [0.15, 0.2) is 0 Å². The number of hydrogen-bond acceptors (Lipinski definition) is 3. The van der Waals surface area contributed by atoms with Crippen LogP contribution in [0.3, 0.4) is 0 Å². The third-order valence-corrected chi connectivity index (χ3v) is 3.74. The summed E-state index contributed by atoms with van der Waals surface area (Å²) in [5.74, 6) is 0.157. The predicted octanol–water partition coefficient (Wildman–Crippen LogP) is 1.65. The molecule has 19 heavy (non-hydrogen) atoms. The number of hydrogen-bond donors (Lipinski definition) is 1. The van der Waals surface area contributed by atoms with Gasteiger partial charge in [-0.05, 0) is 24.6 Å². The second-order valence-corrected chi connectivity index (χ2v) is 5.27. The van der Waals surface area contributed by atoms with Crippen molar-refractivity contribution in [3.05, 3.63) is 28.8 Å². The number of piperazine rings is 1. The van der Waals surface area contributed by atoms with Crippen LogP contribution >= 0.6 is 11.6 Å². The van der Waals surface area contributed by atoms with E-state index in [-0.39, 0.29) is 5.91 Å². The maximum Gasteiger partial charge on any atom is 0.223 e. The van der Waals surface area contributed by atoms with Gasteiger partial charge in [0, 0.05) is 49.9 Å². The minimum atomic E-state index is 0.157. The molecule has 0 aromatic heterocycles. The third-order valence-electron chi connectivity index (χ3n) is 3.50. The van der Waals surface area contributed by atoms with Crippen LogP contribution in [0.1, 0.15) is 12.0 Å². The largest absolute Gasteiger partial charge is 0.368 e. The van der Waals surface area contributed by atoms with Crippen LogP contribution in [0.25, 0.3) is 0 Å². The van der Waals surface area contributed by atoms with Gasteiger partial charge in [-0.3, -0.25) is 4.79 Å². The van der Waals surface area contributed by atoms with E-state index < -0.39 is 0 Å². The number of aryl methyl sites for hydroxylation is 1. The molecule has 0 bridgehead atoms. The monoisotopic (exact) mass is 281 g/mol. The summed E-state index contributed by atoms with van der Waals surface area (Å²) in [6.45, 7) is 5.70. The van der Waals surface area contributed by atoms with Crippen LogP contribution in [-0.2, 0) is 4.79 Å². The number of benzene rings is 1. The van der Waals surface area contributed by atoms with Crippen LogP contribution < -0.4 is 10.6 Å². The van der Waals surface area contributed by atoms with Crippen molar-refractivity contribution in [1.82, 2.24) is 4.90 Å². The second-order valence-electron chi connectivity index (χ2n) is 4.84. The molecule has 1 heterocycles. The van der Waals surface area contributed by atoms with E-state index in [1.807, 2.05) is 23.1 Å². The lowest BCUT2D eigenvalue weighted by Gasteiger charge is -2.37. The number of rotatable bonds is 3. The average molecular weight is 282 g/mol. The molecule has 0 spiro atoms. The maximum atomic E-state index is 11.8. The molecule has 1 aromatic carbocycles. The zero-order valence-electron chi connectivity index (χ0n) is 11.2. The lowest BCUT2D eigenvalue weighted by atomic mass is 10.1. The molecule has 1 aromatic rings. The summed E-state index contributed by atoms with van der Waals surface area (Å²) in [4.78, 5) is 15.9. The fourth-order valence-electron chi connectivity index (χ4n) is 2.40. The zero-order chi connectivity index (χ0) is 13.8. The van der Waals surface area contributed by atoms with Crippen molar-refractivity contribution in [3.63, 3.8) is 0 Å². The lowest BCUT2D eigenvalue weighted by molar-refractivity contribution is -0.131. The molecule has 1 aliphatic rings. The van der Waals surface area contributed by atoms with Gasteiger partial charge in [-0.15, -0.1) is 0 Å². The molecule has 0 unspecified atom stereocenters. The molecule has 0 saturated carbocycles. The first-order chi connectivity index (χ1) is 9.11. The van der Waals surface area contributed by atoms with Crippen LogP contribution in [0.5, 0.6) is 0 Å². The Hall–Kier alpha value is -1.26. The quantitative estimate of drug-likeness (QED) is 0.916. The summed E-state index contributed by atoms with van der Waals surface area (Å²) >= 11 is 6.05. The third kappa shape index (κ3) is 3.39. The van der Waals surface area contributed by atoms with Crippen molar-refractivity contribution in [2.75, 3.05) is 37.6 Å². The van der Waals surface area contributed by atoms with Crippen molar-refractivity contribution < 1.29 is 4.79 Å². The van der Waals surface area contributed by atoms with E-state index >= 15 is 0 Å². The predicted molar refractivity (Wildman–Crippen MR) is 78.7 cm³/mol. The Labute approximate surface area is 119 Å². The van der Waals surface area contributed by atoms with Gasteiger partial charge in [0.2, 0.25) is 5.91 Å². The Morgan fingerprint density at radius 2 is 2.00 bits per heavy atom. The van der Waals surface area contributed by atoms with Gasteiger partial charge in [-0.25, -0.2) is 0 Å². The molecule has 0 aliphatic carbocycles. The first-order valence-electron chi connectivity index (χ1n) is 6.61. The summed E-state index contributed by atoms with van der Waals surface area (Å²) < 4.78 is 0. The van der Waals surface area contributed by atoms with Gasteiger partial charge in [-0.2, -0.15) is 0 Å². The van der Waals surface area contributed by atoms with Gasteiger partial charge in [-0.1, -0.05) is 17.7 Å². The zero-order valence-corrected chi connectivity index (χ0v) is 12.0. The lowest BCUT2D eigenvalue weighted by Crippen LogP contribution is -2.49. The molecule has 1 aliphatic heterocycles. The van der Waals surface area contributed by atoms with Gasteiger partial charge in [0.1, 0.15) is 0 Å². The molecular formula is C14H20ClN3O. The first-order valence-corrected chi connectivity index (χ1v) is 6.98. The maximum absolute atomic E-state index is 11.8. The number of carbonyl (C=O) groups is 1. The van der Waals surface area contributed by atoms with Crippen molar-refractivity contribution in [2.45, 2.75) is 13.3 Å². The van der Waals surface area contributed by atoms with Crippen molar-refractivity contribution in [3.8, 4) is 0 Å². The fourth-order valence-corrected chi connectivity index (χ4v) is 2.57. The topological polar surface area (TPSA) is 49.6 Å². The molecule has 1 amide bonds. The minimum absolute atomic E-state index is 0.157. The highest BCUT2D eigenvalue weighted by Crippen LogP contribution is 2.25. The van der Waals surface area contributed by atoms with Crippen LogP contribution in [0.15, 0.2) is 18.2 Å². The van der Waals surface area contributed by atoms with Crippen molar-refractivity contribution in [2.24, 2.45) is 5.73 Å². The van der Waals surface area contributed by atoms with E-state index in [1.54, 1.807) is 0 Å². The normalized spacial score (nSPS) is 15.7. The number of carbonyl (C=O) groups excluding carboxylic acids is 1. The summed E-state index contributed by atoms with van der Waals surface area (Å²) in [7, 11) is 0. The Balaban J connectivity index is 2.00. The van der Waals surface area contributed by atoms with Crippen molar-refractivity contribution >= 4 is 23.2 Å².